The van der Waals surface area contributed by atoms with Gasteiger partial charge in [0.15, 0.2) is 11.5 Å². The van der Waals surface area contributed by atoms with Crippen LogP contribution in [0.1, 0.15) is 31.7 Å². The van der Waals surface area contributed by atoms with Crippen molar-refractivity contribution in [3.63, 3.8) is 0 Å². The standard InChI is InChI=1S/C22H24BrN3O4/c1-29-18-11-8-14(12-19(18)30-2)24-21(27)13-6-9-15(10-7-13)26-17-5-3-4-16(23)20(17)25-22(26)28/h3-5,8,11-13,15H,6-7,9-10H2,1-2H3,(H,24,27)(H,25,28)/t13-,15+. The lowest BCUT2D eigenvalue weighted by Crippen LogP contribution is -2.31. The molecule has 2 N–H and O–H groups in total. The highest BCUT2D eigenvalue weighted by atomic mass is 79.9. The molecule has 0 atom stereocenters. The third kappa shape index (κ3) is 3.84. The molecule has 1 heterocycles. The summed E-state index contributed by atoms with van der Waals surface area (Å²) in [4.78, 5) is 28.3. The SMILES string of the molecule is COc1ccc(NC(=O)[C@H]2CC[C@@H](n3c(=O)[nH]c4c(Br)cccc43)CC2)cc1OC. The van der Waals surface area contributed by atoms with E-state index in [-0.39, 0.29) is 23.6 Å². The number of amides is 1. The Kier molecular flexibility index (Phi) is 5.85. The fourth-order valence-electron chi connectivity index (χ4n) is 4.23. The first-order chi connectivity index (χ1) is 14.5. The largest absolute Gasteiger partial charge is 0.493 e. The summed E-state index contributed by atoms with van der Waals surface area (Å²) in [5.74, 6) is 1.10. The van der Waals surface area contributed by atoms with Gasteiger partial charge < -0.3 is 19.8 Å². The minimum absolute atomic E-state index is 0.00492. The summed E-state index contributed by atoms with van der Waals surface area (Å²) in [5, 5.41) is 2.98. The second-order valence-electron chi connectivity index (χ2n) is 7.50. The summed E-state index contributed by atoms with van der Waals surface area (Å²) in [6, 6.07) is 11.2. The third-order valence-corrected chi connectivity index (χ3v) is 6.45. The van der Waals surface area contributed by atoms with Crippen molar-refractivity contribution >= 4 is 38.6 Å². The van der Waals surface area contributed by atoms with Gasteiger partial charge in [-0.25, -0.2) is 4.79 Å². The number of hydrogen-bond donors (Lipinski definition) is 2. The van der Waals surface area contributed by atoms with Gasteiger partial charge in [0.2, 0.25) is 5.91 Å². The van der Waals surface area contributed by atoms with E-state index < -0.39 is 0 Å². The lowest BCUT2D eigenvalue weighted by Gasteiger charge is -2.28. The molecule has 0 saturated heterocycles. The Morgan fingerprint density at radius 1 is 1.10 bits per heavy atom. The fourth-order valence-corrected chi connectivity index (χ4v) is 4.69. The van der Waals surface area contributed by atoms with Crippen LogP contribution in [0.5, 0.6) is 11.5 Å². The number of H-pyrrole nitrogens is 1. The van der Waals surface area contributed by atoms with Gasteiger partial charge in [0.1, 0.15) is 0 Å². The van der Waals surface area contributed by atoms with Crippen LogP contribution in [-0.4, -0.2) is 29.7 Å². The number of aromatic amines is 1. The van der Waals surface area contributed by atoms with Crippen LogP contribution in [0.4, 0.5) is 5.69 Å². The van der Waals surface area contributed by atoms with Crippen LogP contribution < -0.4 is 20.5 Å². The van der Waals surface area contributed by atoms with Crippen molar-refractivity contribution in [3.8, 4) is 11.5 Å². The molecule has 0 aliphatic heterocycles. The number of hydrogen-bond acceptors (Lipinski definition) is 4. The molecule has 0 radical (unpaired) electrons. The number of benzene rings is 2. The van der Waals surface area contributed by atoms with Gasteiger partial charge in [0.25, 0.3) is 0 Å². The van der Waals surface area contributed by atoms with Gasteiger partial charge in [0.05, 0.1) is 25.3 Å². The molecule has 1 saturated carbocycles. The summed E-state index contributed by atoms with van der Waals surface area (Å²) in [6.07, 6.45) is 3.03. The zero-order valence-corrected chi connectivity index (χ0v) is 18.5. The molecule has 0 unspecified atom stereocenters. The fraction of sp³-hybridized carbons (Fsp3) is 0.364. The van der Waals surface area contributed by atoms with Gasteiger partial charge in [-0.15, -0.1) is 0 Å². The van der Waals surface area contributed by atoms with E-state index in [1.54, 1.807) is 32.4 Å². The number of nitrogens with zero attached hydrogens (tertiary/aromatic N) is 1. The molecule has 1 aliphatic carbocycles. The Balaban J connectivity index is 1.44. The monoisotopic (exact) mass is 473 g/mol. The molecule has 1 aliphatic rings. The highest BCUT2D eigenvalue weighted by molar-refractivity contribution is 9.10. The summed E-state index contributed by atoms with van der Waals surface area (Å²) in [6.45, 7) is 0. The zero-order chi connectivity index (χ0) is 21.3. The number of carbonyl (C=O) groups excluding carboxylic acids is 1. The second-order valence-corrected chi connectivity index (χ2v) is 8.35. The highest BCUT2D eigenvalue weighted by Crippen LogP contribution is 2.35. The number of fused-ring (bicyclic) bond motifs is 1. The van der Waals surface area contributed by atoms with E-state index in [1.807, 2.05) is 22.8 Å². The summed E-state index contributed by atoms with van der Waals surface area (Å²) < 4.78 is 13.2. The molecule has 1 fully saturated rings. The lowest BCUT2D eigenvalue weighted by molar-refractivity contribution is -0.121. The zero-order valence-electron chi connectivity index (χ0n) is 16.9. The summed E-state index contributed by atoms with van der Waals surface area (Å²) in [5.41, 5.74) is 2.29. The first kappa shape index (κ1) is 20.5. The maximum atomic E-state index is 12.8. The average Bonchev–Trinajstić information content (AvgIpc) is 3.11. The van der Waals surface area contributed by atoms with Crippen molar-refractivity contribution in [3.05, 3.63) is 51.4 Å². The highest BCUT2D eigenvalue weighted by Gasteiger charge is 2.29. The quantitative estimate of drug-likeness (QED) is 0.571. The topological polar surface area (TPSA) is 85.4 Å². The molecular weight excluding hydrogens is 450 g/mol. The molecule has 0 spiro atoms. The lowest BCUT2D eigenvalue weighted by atomic mass is 9.85. The molecule has 4 rings (SSSR count). The average molecular weight is 474 g/mol. The minimum atomic E-state index is -0.102. The van der Waals surface area contributed by atoms with Gasteiger partial charge >= 0.3 is 5.69 Å². The number of rotatable bonds is 5. The molecule has 8 heteroatoms. The second kappa shape index (κ2) is 8.55. The molecule has 1 amide bonds. The molecule has 30 heavy (non-hydrogen) atoms. The molecular formula is C22H24BrN3O4. The Morgan fingerprint density at radius 3 is 2.53 bits per heavy atom. The Morgan fingerprint density at radius 2 is 1.83 bits per heavy atom. The van der Waals surface area contributed by atoms with Gasteiger partial charge in [-0.05, 0) is 65.9 Å². The number of anilines is 1. The van der Waals surface area contributed by atoms with Gasteiger partial charge in [-0.2, -0.15) is 0 Å². The van der Waals surface area contributed by atoms with E-state index in [4.69, 9.17) is 9.47 Å². The van der Waals surface area contributed by atoms with E-state index >= 15 is 0 Å². The molecule has 158 valence electrons. The third-order valence-electron chi connectivity index (χ3n) is 5.79. The first-order valence-electron chi connectivity index (χ1n) is 9.93. The minimum Gasteiger partial charge on any atom is -0.493 e. The van der Waals surface area contributed by atoms with E-state index in [9.17, 15) is 9.59 Å². The van der Waals surface area contributed by atoms with Crippen LogP contribution in [0.2, 0.25) is 0 Å². The Bertz CT molecular complexity index is 1130. The maximum absolute atomic E-state index is 12.8. The van der Waals surface area contributed by atoms with E-state index in [0.29, 0.717) is 17.2 Å². The van der Waals surface area contributed by atoms with Crippen molar-refractivity contribution in [1.29, 1.82) is 0 Å². The smallest absolute Gasteiger partial charge is 0.326 e. The number of ether oxygens (including phenoxy) is 2. The van der Waals surface area contributed by atoms with Crippen molar-refractivity contribution < 1.29 is 14.3 Å². The normalized spacial score (nSPS) is 18.9. The molecule has 1 aromatic heterocycles. The number of aromatic nitrogens is 2. The Hall–Kier alpha value is -2.74. The molecule has 0 bridgehead atoms. The van der Waals surface area contributed by atoms with Crippen LogP contribution in [0, 0.1) is 5.92 Å². The predicted octanol–water partition coefficient (Wildman–Crippen LogP) is 4.48. The van der Waals surface area contributed by atoms with Crippen molar-refractivity contribution in [2.45, 2.75) is 31.7 Å². The van der Waals surface area contributed by atoms with Gasteiger partial charge in [-0.1, -0.05) is 6.07 Å². The summed E-state index contributed by atoms with van der Waals surface area (Å²) in [7, 11) is 3.14. The number of imidazole rings is 1. The maximum Gasteiger partial charge on any atom is 0.326 e. The predicted molar refractivity (Wildman–Crippen MR) is 119 cm³/mol. The van der Waals surface area contributed by atoms with Crippen LogP contribution in [0.15, 0.2) is 45.7 Å². The van der Waals surface area contributed by atoms with Crippen LogP contribution in [-0.2, 0) is 4.79 Å². The van der Waals surface area contributed by atoms with Crippen molar-refractivity contribution in [2.75, 3.05) is 19.5 Å². The van der Waals surface area contributed by atoms with E-state index in [0.717, 1.165) is 41.2 Å². The van der Waals surface area contributed by atoms with Crippen molar-refractivity contribution in [2.24, 2.45) is 5.92 Å². The number of carbonyl (C=O) groups is 1. The number of methoxy groups -OCH3 is 2. The summed E-state index contributed by atoms with van der Waals surface area (Å²) >= 11 is 3.49. The first-order valence-corrected chi connectivity index (χ1v) is 10.7. The van der Waals surface area contributed by atoms with Crippen LogP contribution in [0.3, 0.4) is 0 Å². The molecule has 3 aromatic rings. The molecule has 7 nitrogen and oxygen atoms in total. The van der Waals surface area contributed by atoms with Crippen molar-refractivity contribution in [1.82, 2.24) is 9.55 Å². The Labute approximate surface area is 182 Å². The van der Waals surface area contributed by atoms with Crippen LogP contribution in [0.25, 0.3) is 11.0 Å². The molecule has 2 aromatic carbocycles. The van der Waals surface area contributed by atoms with Gasteiger partial charge in [-0.3, -0.25) is 9.36 Å². The van der Waals surface area contributed by atoms with Gasteiger partial charge in [0, 0.05) is 28.2 Å². The number of nitrogens with one attached hydrogen (secondary N) is 2. The van der Waals surface area contributed by atoms with Crippen LogP contribution >= 0.6 is 15.9 Å². The van der Waals surface area contributed by atoms with E-state index in [1.165, 1.54) is 0 Å². The number of halogens is 1. The van der Waals surface area contributed by atoms with E-state index in [2.05, 4.69) is 26.2 Å². The number of para-hydroxylation sites is 1.